The van der Waals surface area contributed by atoms with Crippen LogP contribution in [0.25, 0.3) is 11.1 Å². The first kappa shape index (κ1) is 25.4. The van der Waals surface area contributed by atoms with Gasteiger partial charge in [-0.3, -0.25) is 9.69 Å². The first-order chi connectivity index (χ1) is 17.0. The van der Waals surface area contributed by atoms with Gasteiger partial charge >= 0.3 is 6.09 Å². The van der Waals surface area contributed by atoms with E-state index in [1.807, 2.05) is 54.1 Å². The van der Waals surface area contributed by atoms with Crippen LogP contribution in [0.3, 0.4) is 0 Å². The van der Waals surface area contributed by atoms with Crippen LogP contribution >= 0.6 is 0 Å². The Kier molecular flexibility index (Phi) is 7.15. The second-order valence-electron chi connectivity index (χ2n) is 10.2. The average Bonchev–Trinajstić information content (AvgIpc) is 3.27. The maximum atomic E-state index is 15.0. The van der Waals surface area contributed by atoms with Crippen LogP contribution in [0.4, 0.5) is 15.0 Å². The Labute approximate surface area is 211 Å². The van der Waals surface area contributed by atoms with Crippen molar-refractivity contribution in [2.24, 2.45) is 0 Å². The lowest BCUT2D eigenvalue weighted by molar-refractivity contribution is -0.119. The molecule has 2 heterocycles. The molecule has 2 amide bonds. The molecule has 0 saturated carbocycles. The van der Waals surface area contributed by atoms with Gasteiger partial charge in [0.05, 0.1) is 5.69 Å². The lowest BCUT2D eigenvalue weighted by atomic mass is 9.95. The highest BCUT2D eigenvalue weighted by Crippen LogP contribution is 2.32. The minimum absolute atomic E-state index is 0.100. The van der Waals surface area contributed by atoms with E-state index in [4.69, 9.17) is 9.84 Å². The van der Waals surface area contributed by atoms with Crippen LogP contribution in [0, 0.1) is 5.82 Å². The molecule has 7 nitrogen and oxygen atoms in total. The summed E-state index contributed by atoms with van der Waals surface area (Å²) >= 11 is 0. The van der Waals surface area contributed by atoms with Crippen molar-refractivity contribution in [3.63, 3.8) is 0 Å². The summed E-state index contributed by atoms with van der Waals surface area (Å²) in [5.41, 5.74) is 2.32. The molecule has 1 aliphatic rings. The molecule has 190 valence electrons. The molecule has 36 heavy (non-hydrogen) atoms. The molecule has 8 heteroatoms. The monoisotopic (exact) mass is 492 g/mol. The van der Waals surface area contributed by atoms with Crippen molar-refractivity contribution in [1.29, 1.82) is 0 Å². The second-order valence-corrected chi connectivity index (χ2v) is 10.2. The molecule has 1 aliphatic heterocycles. The number of benzene rings is 2. The highest BCUT2D eigenvalue weighted by atomic mass is 19.1. The second kappa shape index (κ2) is 10.1. The number of anilines is 1. The fourth-order valence-corrected chi connectivity index (χ4v) is 4.28. The highest BCUT2D eigenvalue weighted by molar-refractivity contribution is 5.95. The van der Waals surface area contributed by atoms with E-state index in [0.717, 1.165) is 23.2 Å². The fraction of sp³-hybridized carbons (Fsp3) is 0.393. The van der Waals surface area contributed by atoms with E-state index in [0.29, 0.717) is 24.5 Å². The Bertz CT molecular complexity index is 1250. The first-order valence-electron chi connectivity index (χ1n) is 12.2. The van der Waals surface area contributed by atoms with Gasteiger partial charge in [0.2, 0.25) is 5.91 Å². The zero-order valence-electron chi connectivity index (χ0n) is 21.5. The maximum absolute atomic E-state index is 15.0. The Hall–Kier alpha value is -3.68. The summed E-state index contributed by atoms with van der Waals surface area (Å²) in [6.45, 7) is 8.47. The van der Waals surface area contributed by atoms with Gasteiger partial charge in [-0.25, -0.2) is 13.9 Å². The molecule has 4 rings (SSSR count). The number of carbonyl (C=O) groups is 2. The number of hydrogen-bond acceptors (Lipinski definition) is 4. The number of ether oxygens (including phenoxy) is 1. The standard InChI is InChI=1S/C28H33FN4O3/c1-19(21-12-13-22(23(29)16-21)20-10-7-6-8-11-20)24-17-25-32(14-9-15-33(25)30-24)26(34)18-31(5)27(35)36-28(2,3)4/h6-8,10-13,16-17,19H,9,14-15,18H2,1-5H3. The number of aryl methyl sites for hydroxylation is 1. The van der Waals surface area contributed by atoms with E-state index >= 15 is 0 Å². The molecular weight excluding hydrogens is 459 g/mol. The molecule has 3 aromatic rings. The SMILES string of the molecule is CC(c1ccc(-c2ccccc2)c(F)c1)c1cc2n(n1)CCCN2C(=O)CN(C)C(=O)OC(C)(C)C. The molecule has 0 fully saturated rings. The third kappa shape index (κ3) is 5.58. The van der Waals surface area contributed by atoms with Crippen molar-refractivity contribution in [3.8, 4) is 11.1 Å². The third-order valence-electron chi connectivity index (χ3n) is 6.21. The Balaban J connectivity index is 1.51. The number of nitrogens with zero attached hydrogens (tertiary/aromatic N) is 4. The molecule has 0 bridgehead atoms. The number of amides is 2. The van der Waals surface area contributed by atoms with E-state index in [1.165, 1.54) is 4.90 Å². The molecule has 0 saturated heterocycles. The van der Waals surface area contributed by atoms with Gasteiger partial charge in [-0.1, -0.05) is 49.4 Å². The summed E-state index contributed by atoms with van der Waals surface area (Å²) in [6, 6.07) is 16.6. The first-order valence-corrected chi connectivity index (χ1v) is 12.2. The van der Waals surface area contributed by atoms with Gasteiger partial charge in [0.15, 0.2) is 0 Å². The minimum atomic E-state index is -0.637. The third-order valence-corrected chi connectivity index (χ3v) is 6.21. The van der Waals surface area contributed by atoms with Gasteiger partial charge in [0.1, 0.15) is 23.8 Å². The van der Waals surface area contributed by atoms with Crippen molar-refractivity contribution < 1.29 is 18.7 Å². The Morgan fingerprint density at radius 2 is 1.83 bits per heavy atom. The van der Waals surface area contributed by atoms with Crippen molar-refractivity contribution in [1.82, 2.24) is 14.7 Å². The normalized spacial score (nSPS) is 14.2. The summed E-state index contributed by atoms with van der Waals surface area (Å²) in [5.74, 6) is 0.0362. The fourth-order valence-electron chi connectivity index (χ4n) is 4.28. The van der Waals surface area contributed by atoms with Gasteiger partial charge in [0.25, 0.3) is 0 Å². The number of rotatable bonds is 5. The number of aromatic nitrogens is 2. The van der Waals surface area contributed by atoms with Crippen LogP contribution in [0.2, 0.25) is 0 Å². The molecule has 2 aromatic carbocycles. The molecule has 1 aromatic heterocycles. The Morgan fingerprint density at radius 1 is 1.11 bits per heavy atom. The quantitative estimate of drug-likeness (QED) is 0.475. The summed E-state index contributed by atoms with van der Waals surface area (Å²) in [7, 11) is 1.55. The van der Waals surface area contributed by atoms with Gasteiger partial charge < -0.3 is 9.64 Å². The van der Waals surface area contributed by atoms with E-state index < -0.39 is 11.7 Å². The van der Waals surface area contributed by atoms with Crippen molar-refractivity contribution in [2.45, 2.75) is 52.2 Å². The summed E-state index contributed by atoms with van der Waals surface area (Å²) in [4.78, 5) is 28.3. The number of hydrogen-bond donors (Lipinski definition) is 0. The minimum Gasteiger partial charge on any atom is -0.444 e. The van der Waals surface area contributed by atoms with E-state index in [9.17, 15) is 14.0 Å². The number of carbonyl (C=O) groups excluding carboxylic acids is 2. The van der Waals surface area contributed by atoms with Gasteiger partial charge in [-0.05, 0) is 44.4 Å². The predicted molar refractivity (Wildman–Crippen MR) is 137 cm³/mol. The smallest absolute Gasteiger partial charge is 0.410 e. The van der Waals surface area contributed by atoms with Crippen molar-refractivity contribution >= 4 is 17.8 Å². The van der Waals surface area contributed by atoms with E-state index in [-0.39, 0.29) is 24.2 Å². The van der Waals surface area contributed by atoms with E-state index in [1.54, 1.807) is 44.9 Å². The lowest BCUT2D eigenvalue weighted by Gasteiger charge is -2.30. The molecule has 0 radical (unpaired) electrons. The number of fused-ring (bicyclic) bond motifs is 1. The molecule has 1 atom stereocenters. The van der Waals surface area contributed by atoms with Crippen LogP contribution in [-0.4, -0.2) is 52.4 Å². The number of halogens is 1. The van der Waals surface area contributed by atoms with Crippen molar-refractivity contribution in [2.75, 3.05) is 25.0 Å². The Morgan fingerprint density at radius 3 is 2.50 bits per heavy atom. The van der Waals surface area contributed by atoms with Crippen LogP contribution in [0.15, 0.2) is 54.6 Å². The highest BCUT2D eigenvalue weighted by Gasteiger charge is 2.29. The predicted octanol–water partition coefficient (Wildman–Crippen LogP) is 5.44. The van der Waals surface area contributed by atoms with Crippen molar-refractivity contribution in [3.05, 3.63) is 71.7 Å². The number of likely N-dealkylation sites (N-methyl/N-ethyl adjacent to an activating group) is 1. The van der Waals surface area contributed by atoms with Gasteiger partial charge in [-0.15, -0.1) is 0 Å². The lowest BCUT2D eigenvalue weighted by Crippen LogP contribution is -2.45. The summed E-state index contributed by atoms with van der Waals surface area (Å²) in [6.07, 6.45) is 0.210. The largest absolute Gasteiger partial charge is 0.444 e. The molecule has 0 N–H and O–H groups in total. The zero-order valence-corrected chi connectivity index (χ0v) is 21.5. The zero-order chi connectivity index (χ0) is 26.0. The summed E-state index contributed by atoms with van der Waals surface area (Å²) in [5, 5.41) is 4.73. The van der Waals surface area contributed by atoms with Crippen LogP contribution in [0.1, 0.15) is 51.3 Å². The van der Waals surface area contributed by atoms with Crippen LogP contribution < -0.4 is 4.90 Å². The van der Waals surface area contributed by atoms with Gasteiger partial charge in [-0.2, -0.15) is 5.10 Å². The summed E-state index contributed by atoms with van der Waals surface area (Å²) < 4.78 is 22.1. The topological polar surface area (TPSA) is 67.7 Å². The maximum Gasteiger partial charge on any atom is 0.410 e. The van der Waals surface area contributed by atoms with Crippen LogP contribution in [0.5, 0.6) is 0 Å². The molecule has 0 spiro atoms. The average molecular weight is 493 g/mol. The van der Waals surface area contributed by atoms with E-state index in [2.05, 4.69) is 0 Å². The molecule has 0 aliphatic carbocycles. The molecule has 1 unspecified atom stereocenters. The van der Waals surface area contributed by atoms with Gasteiger partial charge in [0, 0.05) is 37.7 Å². The molecular formula is C28H33FN4O3. The van der Waals surface area contributed by atoms with Crippen LogP contribution in [-0.2, 0) is 16.1 Å².